The van der Waals surface area contributed by atoms with Gasteiger partial charge in [-0.05, 0) is 91.3 Å². The molecule has 3 aromatic rings. The minimum absolute atomic E-state index is 0.0145. The van der Waals surface area contributed by atoms with Crippen LogP contribution in [-0.4, -0.2) is 15.9 Å². The van der Waals surface area contributed by atoms with Crippen LogP contribution in [0.2, 0.25) is 0 Å². The lowest BCUT2D eigenvalue weighted by Gasteiger charge is -2.21. The van der Waals surface area contributed by atoms with Crippen LogP contribution in [0, 0.1) is 40.8 Å². The molecule has 162 valence electrons. The lowest BCUT2D eigenvalue weighted by Crippen LogP contribution is -2.26. The zero-order valence-corrected chi connectivity index (χ0v) is 18.0. The number of amides is 1. The van der Waals surface area contributed by atoms with E-state index in [4.69, 9.17) is 5.26 Å². The SMILES string of the molecule is CC(C(=O)Nc1ccc(C#N)cn1)C1C[C@H]2CC(c3ccnc4ccc(F)cc34)C[C@H]2C1. The predicted molar refractivity (Wildman–Crippen MR) is 120 cm³/mol. The number of pyridine rings is 2. The van der Waals surface area contributed by atoms with E-state index in [0.29, 0.717) is 35.1 Å². The lowest BCUT2D eigenvalue weighted by atomic mass is 9.86. The molecule has 6 heteroatoms. The van der Waals surface area contributed by atoms with E-state index in [9.17, 15) is 9.18 Å². The van der Waals surface area contributed by atoms with Gasteiger partial charge in [-0.3, -0.25) is 9.78 Å². The molecular weight excluding hydrogens is 403 g/mol. The monoisotopic (exact) mass is 428 g/mol. The fraction of sp³-hybridized carbons (Fsp3) is 0.385. The number of benzene rings is 1. The van der Waals surface area contributed by atoms with Crippen molar-refractivity contribution in [1.82, 2.24) is 9.97 Å². The van der Waals surface area contributed by atoms with Gasteiger partial charge < -0.3 is 5.32 Å². The van der Waals surface area contributed by atoms with Crippen molar-refractivity contribution in [2.24, 2.45) is 23.7 Å². The van der Waals surface area contributed by atoms with Crippen molar-refractivity contribution in [3.8, 4) is 6.07 Å². The number of nitriles is 1. The second-order valence-corrected chi connectivity index (χ2v) is 9.30. The summed E-state index contributed by atoms with van der Waals surface area (Å²) >= 11 is 0. The van der Waals surface area contributed by atoms with E-state index in [1.807, 2.05) is 25.3 Å². The highest BCUT2D eigenvalue weighted by Crippen LogP contribution is 2.54. The van der Waals surface area contributed by atoms with Crippen LogP contribution in [0.4, 0.5) is 10.2 Å². The number of halogens is 1. The molecule has 0 spiro atoms. The molecule has 0 bridgehead atoms. The van der Waals surface area contributed by atoms with Crippen LogP contribution in [0.5, 0.6) is 0 Å². The molecule has 5 nitrogen and oxygen atoms in total. The second-order valence-electron chi connectivity index (χ2n) is 9.30. The molecule has 0 radical (unpaired) electrons. The molecule has 0 aliphatic heterocycles. The summed E-state index contributed by atoms with van der Waals surface area (Å²) in [6, 6.07) is 12.2. The van der Waals surface area contributed by atoms with Crippen molar-refractivity contribution in [1.29, 1.82) is 5.26 Å². The van der Waals surface area contributed by atoms with Crippen LogP contribution in [0.15, 0.2) is 48.8 Å². The van der Waals surface area contributed by atoms with Gasteiger partial charge in [-0.2, -0.15) is 5.26 Å². The summed E-state index contributed by atoms with van der Waals surface area (Å²) < 4.78 is 13.9. The van der Waals surface area contributed by atoms with Crippen LogP contribution in [0.3, 0.4) is 0 Å². The van der Waals surface area contributed by atoms with Gasteiger partial charge in [0.25, 0.3) is 0 Å². The zero-order chi connectivity index (χ0) is 22.2. The molecule has 5 rings (SSSR count). The van der Waals surface area contributed by atoms with Crippen molar-refractivity contribution in [3.05, 3.63) is 65.7 Å². The standard InChI is InChI=1S/C26H25FN4O/c1-15(26(32)31-25-5-2-16(13-28)14-30-25)17-8-18-10-20(11-19(18)9-17)22-6-7-29-24-4-3-21(27)12-23(22)24/h2-7,12,14-15,17-20H,8-11H2,1H3,(H,30,31,32)/t15?,17?,18-,19+,20?. The van der Waals surface area contributed by atoms with Gasteiger partial charge in [-0.25, -0.2) is 9.37 Å². The molecule has 1 aromatic carbocycles. The Labute approximate surface area is 186 Å². The molecule has 32 heavy (non-hydrogen) atoms. The Morgan fingerprint density at radius 1 is 1.12 bits per heavy atom. The highest BCUT2D eigenvalue weighted by molar-refractivity contribution is 5.91. The molecule has 2 saturated carbocycles. The Balaban J connectivity index is 1.23. The molecule has 2 heterocycles. The number of hydrogen-bond acceptors (Lipinski definition) is 4. The molecule has 1 N–H and O–H groups in total. The smallest absolute Gasteiger partial charge is 0.228 e. The van der Waals surface area contributed by atoms with Crippen LogP contribution < -0.4 is 5.32 Å². The number of fused-ring (bicyclic) bond motifs is 2. The Kier molecular flexibility index (Phi) is 5.34. The van der Waals surface area contributed by atoms with E-state index in [1.165, 1.54) is 17.8 Å². The fourth-order valence-corrected chi connectivity index (χ4v) is 5.81. The maximum atomic E-state index is 13.9. The van der Waals surface area contributed by atoms with Gasteiger partial charge in [0.15, 0.2) is 0 Å². The minimum Gasteiger partial charge on any atom is -0.310 e. The molecule has 2 aromatic heterocycles. The lowest BCUT2D eigenvalue weighted by molar-refractivity contribution is -0.120. The second kappa shape index (κ2) is 8.31. The molecule has 2 fully saturated rings. The fourth-order valence-electron chi connectivity index (χ4n) is 5.81. The molecular formula is C26H25FN4O. The number of nitrogens with zero attached hydrogens (tertiary/aromatic N) is 3. The quantitative estimate of drug-likeness (QED) is 0.601. The largest absolute Gasteiger partial charge is 0.310 e. The first-order valence-corrected chi connectivity index (χ1v) is 11.2. The molecule has 2 aliphatic rings. The summed E-state index contributed by atoms with van der Waals surface area (Å²) in [5.41, 5.74) is 2.53. The number of carbonyl (C=O) groups excluding carboxylic acids is 1. The third-order valence-electron chi connectivity index (χ3n) is 7.49. The molecule has 5 atom stereocenters. The van der Waals surface area contributed by atoms with Crippen molar-refractivity contribution >= 4 is 22.6 Å². The maximum absolute atomic E-state index is 13.9. The van der Waals surface area contributed by atoms with Gasteiger partial charge in [-0.15, -0.1) is 0 Å². The van der Waals surface area contributed by atoms with Crippen molar-refractivity contribution in [2.75, 3.05) is 5.32 Å². The van der Waals surface area contributed by atoms with Gasteiger partial charge in [-0.1, -0.05) is 6.92 Å². The summed E-state index contributed by atoms with van der Waals surface area (Å²) in [7, 11) is 0. The van der Waals surface area contributed by atoms with E-state index in [0.717, 1.165) is 36.6 Å². The first kappa shape index (κ1) is 20.6. The van der Waals surface area contributed by atoms with Gasteiger partial charge in [0.05, 0.1) is 11.1 Å². The van der Waals surface area contributed by atoms with Crippen molar-refractivity contribution in [3.63, 3.8) is 0 Å². The van der Waals surface area contributed by atoms with Crippen LogP contribution in [-0.2, 0) is 4.79 Å². The Bertz CT molecular complexity index is 1190. The van der Waals surface area contributed by atoms with Crippen LogP contribution >= 0.6 is 0 Å². The first-order valence-electron chi connectivity index (χ1n) is 11.2. The summed E-state index contributed by atoms with van der Waals surface area (Å²) in [4.78, 5) is 21.3. The normalized spacial score (nSPS) is 25.3. The average Bonchev–Trinajstić information content (AvgIpc) is 3.38. The number of rotatable bonds is 4. The summed E-state index contributed by atoms with van der Waals surface area (Å²) in [5, 5.41) is 12.7. The maximum Gasteiger partial charge on any atom is 0.228 e. The van der Waals surface area contributed by atoms with Gasteiger partial charge in [0.2, 0.25) is 5.91 Å². The van der Waals surface area contributed by atoms with Crippen molar-refractivity contribution < 1.29 is 9.18 Å². The Morgan fingerprint density at radius 2 is 1.91 bits per heavy atom. The van der Waals surface area contributed by atoms with E-state index >= 15 is 0 Å². The molecule has 0 saturated heterocycles. The topological polar surface area (TPSA) is 78.7 Å². The third kappa shape index (κ3) is 3.84. The highest BCUT2D eigenvalue weighted by Gasteiger charge is 2.44. The number of nitrogens with one attached hydrogen (secondary N) is 1. The summed E-state index contributed by atoms with van der Waals surface area (Å²) in [6.45, 7) is 2.00. The van der Waals surface area contributed by atoms with E-state index in [1.54, 1.807) is 24.3 Å². The number of hydrogen-bond donors (Lipinski definition) is 1. The average molecular weight is 429 g/mol. The summed E-state index contributed by atoms with van der Waals surface area (Å²) in [6.07, 6.45) is 7.57. The number of carbonyl (C=O) groups is 1. The minimum atomic E-state index is -0.221. The van der Waals surface area contributed by atoms with Crippen molar-refractivity contribution in [2.45, 2.75) is 38.5 Å². The van der Waals surface area contributed by atoms with E-state index in [2.05, 4.69) is 15.3 Å². The highest BCUT2D eigenvalue weighted by atomic mass is 19.1. The summed E-state index contributed by atoms with van der Waals surface area (Å²) in [5.74, 6) is 2.14. The van der Waals surface area contributed by atoms with E-state index < -0.39 is 0 Å². The number of aromatic nitrogens is 2. The van der Waals surface area contributed by atoms with E-state index in [-0.39, 0.29) is 17.6 Å². The zero-order valence-electron chi connectivity index (χ0n) is 18.0. The van der Waals surface area contributed by atoms with Gasteiger partial charge in [0.1, 0.15) is 17.7 Å². The first-order chi connectivity index (χ1) is 15.5. The molecule has 1 amide bonds. The third-order valence-corrected chi connectivity index (χ3v) is 7.49. The van der Waals surface area contributed by atoms with Crippen LogP contribution in [0.1, 0.15) is 49.7 Å². The van der Waals surface area contributed by atoms with Gasteiger partial charge >= 0.3 is 0 Å². The predicted octanol–water partition coefficient (Wildman–Crippen LogP) is 5.44. The Morgan fingerprint density at radius 3 is 2.59 bits per heavy atom. The van der Waals surface area contributed by atoms with Crippen LogP contribution in [0.25, 0.3) is 10.9 Å². The van der Waals surface area contributed by atoms with Gasteiger partial charge in [0, 0.05) is 23.7 Å². The molecule has 3 unspecified atom stereocenters. The number of anilines is 1. The Hall–Kier alpha value is -3.33. The molecule has 2 aliphatic carbocycles.